The molecule has 1 aromatic rings. The molecule has 2 amide bonds. The fourth-order valence-electron chi connectivity index (χ4n) is 3.49. The third-order valence-corrected chi connectivity index (χ3v) is 4.79. The Kier molecular flexibility index (Phi) is 4.15. The summed E-state index contributed by atoms with van der Waals surface area (Å²) >= 11 is 0. The Morgan fingerprint density at radius 1 is 1.33 bits per heavy atom. The van der Waals surface area contributed by atoms with Crippen LogP contribution in [0.5, 0.6) is 0 Å². The molecule has 1 heterocycles. The Morgan fingerprint density at radius 2 is 2.10 bits per heavy atom. The largest absolute Gasteiger partial charge is 0.388 e. The van der Waals surface area contributed by atoms with Crippen LogP contribution in [-0.2, 0) is 6.54 Å². The Hall–Kier alpha value is -1.55. The molecule has 1 fully saturated rings. The number of hydrogen-bond donors (Lipinski definition) is 2. The van der Waals surface area contributed by atoms with Crippen molar-refractivity contribution < 1.29 is 9.90 Å². The lowest BCUT2D eigenvalue weighted by Gasteiger charge is -2.28. The van der Waals surface area contributed by atoms with Crippen molar-refractivity contribution in [2.75, 3.05) is 12.4 Å². The number of benzene rings is 1. The number of urea groups is 1. The number of aliphatic hydroxyl groups excluding tert-OH is 1. The number of aliphatic hydroxyl groups is 1. The SMILES string of the molecule is CN1Cc2cc(C(O)CC3CCCCC3)ccc2NC1=O. The molecule has 1 aromatic carbocycles. The molecule has 1 unspecified atom stereocenters. The van der Waals surface area contributed by atoms with Gasteiger partial charge in [0.25, 0.3) is 0 Å². The Bertz CT molecular complexity index is 524. The number of nitrogens with zero attached hydrogens (tertiary/aromatic N) is 1. The summed E-state index contributed by atoms with van der Waals surface area (Å²) in [5.74, 6) is 0.659. The summed E-state index contributed by atoms with van der Waals surface area (Å²) < 4.78 is 0. The quantitative estimate of drug-likeness (QED) is 0.891. The van der Waals surface area contributed by atoms with Crippen LogP contribution in [0.3, 0.4) is 0 Å². The van der Waals surface area contributed by atoms with Crippen LogP contribution in [-0.4, -0.2) is 23.1 Å². The predicted octanol–water partition coefficient (Wildman–Crippen LogP) is 3.67. The molecule has 0 radical (unpaired) electrons. The first-order chi connectivity index (χ1) is 10.1. The van der Waals surface area contributed by atoms with Crippen LogP contribution in [0.2, 0.25) is 0 Å². The first-order valence-corrected chi connectivity index (χ1v) is 7.96. The molecule has 1 atom stereocenters. The van der Waals surface area contributed by atoms with Crippen molar-refractivity contribution in [3.8, 4) is 0 Å². The third kappa shape index (κ3) is 3.21. The number of hydrogen-bond acceptors (Lipinski definition) is 2. The molecule has 1 saturated carbocycles. The van der Waals surface area contributed by atoms with Gasteiger partial charge in [-0.1, -0.05) is 38.2 Å². The van der Waals surface area contributed by atoms with Crippen LogP contribution in [0.1, 0.15) is 55.8 Å². The molecular formula is C17H24N2O2. The molecular weight excluding hydrogens is 264 g/mol. The molecule has 0 aromatic heterocycles. The Morgan fingerprint density at radius 3 is 2.86 bits per heavy atom. The van der Waals surface area contributed by atoms with Gasteiger partial charge in [-0.15, -0.1) is 0 Å². The van der Waals surface area contributed by atoms with Crippen molar-refractivity contribution >= 4 is 11.7 Å². The molecule has 1 aliphatic heterocycles. The fourth-order valence-corrected chi connectivity index (χ4v) is 3.49. The predicted molar refractivity (Wildman–Crippen MR) is 83.1 cm³/mol. The maximum Gasteiger partial charge on any atom is 0.321 e. The van der Waals surface area contributed by atoms with Gasteiger partial charge in [-0.2, -0.15) is 0 Å². The summed E-state index contributed by atoms with van der Waals surface area (Å²) in [5.41, 5.74) is 2.92. The highest BCUT2D eigenvalue weighted by Gasteiger charge is 2.22. The first kappa shape index (κ1) is 14.4. The summed E-state index contributed by atoms with van der Waals surface area (Å²) in [5, 5.41) is 13.4. The van der Waals surface area contributed by atoms with E-state index in [9.17, 15) is 9.90 Å². The highest BCUT2D eigenvalue weighted by molar-refractivity contribution is 5.92. The van der Waals surface area contributed by atoms with E-state index in [1.807, 2.05) is 18.2 Å². The molecule has 4 heteroatoms. The van der Waals surface area contributed by atoms with Crippen LogP contribution in [0.25, 0.3) is 0 Å². The lowest BCUT2D eigenvalue weighted by molar-refractivity contribution is 0.131. The number of fused-ring (bicyclic) bond motifs is 1. The van der Waals surface area contributed by atoms with E-state index in [0.29, 0.717) is 12.5 Å². The second kappa shape index (κ2) is 6.06. The molecule has 114 valence electrons. The molecule has 0 bridgehead atoms. The van der Waals surface area contributed by atoms with Crippen molar-refractivity contribution in [2.24, 2.45) is 5.92 Å². The minimum absolute atomic E-state index is 0.0713. The topological polar surface area (TPSA) is 52.6 Å². The number of carbonyl (C=O) groups excluding carboxylic acids is 1. The van der Waals surface area contributed by atoms with Gasteiger partial charge in [0, 0.05) is 19.3 Å². The molecule has 2 aliphatic rings. The zero-order valence-corrected chi connectivity index (χ0v) is 12.6. The van der Waals surface area contributed by atoms with E-state index < -0.39 is 0 Å². The van der Waals surface area contributed by atoms with E-state index in [1.165, 1.54) is 32.1 Å². The molecule has 1 aliphatic carbocycles. The first-order valence-electron chi connectivity index (χ1n) is 7.96. The standard InChI is InChI=1S/C17H24N2O2/c1-19-11-14-10-13(7-8-15(14)18-17(19)21)16(20)9-12-5-3-2-4-6-12/h7-8,10,12,16,20H,2-6,9,11H2,1H3,(H,18,21). The van der Waals surface area contributed by atoms with Crippen LogP contribution in [0.4, 0.5) is 10.5 Å². The molecule has 0 spiro atoms. The van der Waals surface area contributed by atoms with Crippen LogP contribution >= 0.6 is 0 Å². The minimum Gasteiger partial charge on any atom is -0.388 e. The van der Waals surface area contributed by atoms with Crippen LogP contribution < -0.4 is 5.32 Å². The van der Waals surface area contributed by atoms with Gasteiger partial charge in [-0.25, -0.2) is 4.79 Å². The maximum atomic E-state index is 11.6. The van der Waals surface area contributed by atoms with Crippen molar-refractivity contribution in [3.05, 3.63) is 29.3 Å². The fraction of sp³-hybridized carbons (Fsp3) is 0.588. The second-order valence-corrected chi connectivity index (χ2v) is 6.46. The summed E-state index contributed by atoms with van der Waals surface area (Å²) in [6.45, 7) is 0.602. The van der Waals surface area contributed by atoms with Gasteiger partial charge >= 0.3 is 6.03 Å². The van der Waals surface area contributed by atoms with Gasteiger partial charge in [-0.05, 0) is 35.6 Å². The Balaban J connectivity index is 1.70. The van der Waals surface area contributed by atoms with Crippen LogP contribution in [0, 0.1) is 5.92 Å². The van der Waals surface area contributed by atoms with Crippen LogP contribution in [0.15, 0.2) is 18.2 Å². The average molecular weight is 288 g/mol. The number of anilines is 1. The lowest BCUT2D eigenvalue weighted by Crippen LogP contribution is -2.35. The number of rotatable bonds is 3. The molecule has 2 N–H and O–H groups in total. The number of carbonyl (C=O) groups is 1. The highest BCUT2D eigenvalue weighted by Crippen LogP contribution is 2.33. The highest BCUT2D eigenvalue weighted by atomic mass is 16.3. The van der Waals surface area contributed by atoms with Gasteiger partial charge in [0.05, 0.1) is 6.10 Å². The van der Waals surface area contributed by atoms with Gasteiger partial charge in [0.15, 0.2) is 0 Å². The van der Waals surface area contributed by atoms with Crippen molar-refractivity contribution in [1.82, 2.24) is 4.90 Å². The summed E-state index contributed by atoms with van der Waals surface area (Å²) in [6, 6.07) is 5.83. The molecule has 0 saturated heterocycles. The minimum atomic E-state index is -0.388. The summed E-state index contributed by atoms with van der Waals surface area (Å²) in [6.07, 6.45) is 6.93. The molecule has 3 rings (SSSR count). The Labute approximate surface area is 126 Å². The van der Waals surface area contributed by atoms with Gasteiger partial charge in [0.2, 0.25) is 0 Å². The van der Waals surface area contributed by atoms with Crippen molar-refractivity contribution in [2.45, 2.75) is 51.2 Å². The monoisotopic (exact) mass is 288 g/mol. The van der Waals surface area contributed by atoms with E-state index >= 15 is 0 Å². The lowest BCUT2D eigenvalue weighted by atomic mass is 9.84. The average Bonchev–Trinajstić information content (AvgIpc) is 2.49. The van der Waals surface area contributed by atoms with Crippen molar-refractivity contribution in [1.29, 1.82) is 0 Å². The van der Waals surface area contributed by atoms with Gasteiger partial charge < -0.3 is 15.3 Å². The maximum absolute atomic E-state index is 11.6. The van der Waals surface area contributed by atoms with E-state index in [2.05, 4.69) is 5.32 Å². The van der Waals surface area contributed by atoms with E-state index in [1.54, 1.807) is 11.9 Å². The zero-order chi connectivity index (χ0) is 14.8. The zero-order valence-electron chi connectivity index (χ0n) is 12.6. The van der Waals surface area contributed by atoms with Gasteiger partial charge in [0.1, 0.15) is 0 Å². The van der Waals surface area contributed by atoms with E-state index in [-0.39, 0.29) is 12.1 Å². The van der Waals surface area contributed by atoms with Gasteiger partial charge in [-0.3, -0.25) is 0 Å². The normalized spacial score (nSPS) is 20.9. The van der Waals surface area contributed by atoms with Crippen molar-refractivity contribution in [3.63, 3.8) is 0 Å². The summed E-state index contributed by atoms with van der Waals surface area (Å²) in [7, 11) is 1.78. The second-order valence-electron chi connectivity index (χ2n) is 6.46. The van der Waals surface area contributed by atoms with E-state index in [4.69, 9.17) is 0 Å². The van der Waals surface area contributed by atoms with E-state index in [0.717, 1.165) is 23.2 Å². The third-order valence-electron chi connectivity index (χ3n) is 4.79. The molecule has 4 nitrogen and oxygen atoms in total. The number of nitrogens with one attached hydrogen (secondary N) is 1. The smallest absolute Gasteiger partial charge is 0.321 e. The summed E-state index contributed by atoms with van der Waals surface area (Å²) in [4.78, 5) is 13.3. The number of amides is 2. The molecule has 21 heavy (non-hydrogen) atoms.